The number of aromatic nitrogens is 2. The minimum absolute atomic E-state index is 0.329. The van der Waals surface area contributed by atoms with Gasteiger partial charge in [-0.25, -0.2) is 9.48 Å². The third-order valence-corrected chi connectivity index (χ3v) is 2.51. The fourth-order valence-corrected chi connectivity index (χ4v) is 1.83. The number of hydrogen-bond donors (Lipinski definition) is 1. The van der Waals surface area contributed by atoms with Crippen molar-refractivity contribution in [1.82, 2.24) is 15.1 Å². The second-order valence-corrected chi connectivity index (χ2v) is 3.61. The molecule has 0 amide bonds. The second kappa shape index (κ2) is 5.67. The summed E-state index contributed by atoms with van der Waals surface area (Å²) in [6.07, 6.45) is 0. The molecule has 0 aliphatic heterocycles. The molecule has 0 radical (unpaired) electrons. The molecule has 0 saturated carbocycles. The zero-order valence-corrected chi connectivity index (χ0v) is 10.9. The molecule has 1 aromatic heterocycles. The van der Waals surface area contributed by atoms with Crippen molar-refractivity contribution in [2.45, 2.75) is 19.9 Å². The largest absolute Gasteiger partial charge is 0.481 e. The van der Waals surface area contributed by atoms with E-state index in [1.165, 1.54) is 0 Å². The van der Waals surface area contributed by atoms with E-state index in [0.717, 1.165) is 11.3 Å². The van der Waals surface area contributed by atoms with E-state index in [9.17, 15) is 4.79 Å². The topological polar surface area (TPSA) is 65.4 Å². The number of ether oxygens (including phenoxy) is 2. The molecule has 0 aliphatic carbocycles. The highest BCUT2D eigenvalue weighted by atomic mass is 16.5. The molecule has 1 aromatic rings. The molecule has 17 heavy (non-hydrogen) atoms. The summed E-state index contributed by atoms with van der Waals surface area (Å²) >= 11 is 0. The van der Waals surface area contributed by atoms with Crippen molar-refractivity contribution in [2.24, 2.45) is 7.05 Å². The van der Waals surface area contributed by atoms with Crippen LogP contribution in [0.4, 0.5) is 0 Å². The van der Waals surface area contributed by atoms with Gasteiger partial charge in [0, 0.05) is 7.05 Å². The Morgan fingerprint density at radius 3 is 2.71 bits per heavy atom. The Hall–Kier alpha value is -1.56. The van der Waals surface area contributed by atoms with Crippen LogP contribution in [0.1, 0.15) is 24.2 Å². The van der Waals surface area contributed by atoms with Gasteiger partial charge in [0.25, 0.3) is 0 Å². The Morgan fingerprint density at radius 2 is 2.24 bits per heavy atom. The fraction of sp³-hybridized carbons (Fsp3) is 0.636. The van der Waals surface area contributed by atoms with Crippen LogP contribution in [-0.4, -0.2) is 36.5 Å². The van der Waals surface area contributed by atoms with E-state index in [0.29, 0.717) is 12.5 Å². The van der Waals surface area contributed by atoms with Crippen LogP contribution in [0.3, 0.4) is 0 Å². The molecule has 1 rings (SSSR count). The molecule has 1 atom stereocenters. The summed E-state index contributed by atoms with van der Waals surface area (Å²) in [5.41, 5.74) is 1.47. The smallest absolute Gasteiger partial charge is 0.328 e. The molecule has 0 aliphatic rings. The van der Waals surface area contributed by atoms with Gasteiger partial charge in [-0.05, 0) is 20.9 Å². The van der Waals surface area contributed by atoms with Crippen LogP contribution in [0.25, 0.3) is 0 Å². The normalized spacial score (nSPS) is 12.3. The summed E-state index contributed by atoms with van der Waals surface area (Å²) in [5, 5.41) is 7.16. The molecule has 0 aromatic carbocycles. The summed E-state index contributed by atoms with van der Waals surface area (Å²) in [6, 6.07) is -0.557. The highest BCUT2D eigenvalue weighted by Gasteiger charge is 2.28. The van der Waals surface area contributed by atoms with Crippen molar-refractivity contribution < 1.29 is 14.3 Å². The van der Waals surface area contributed by atoms with Crippen LogP contribution in [-0.2, 0) is 16.6 Å². The monoisotopic (exact) mass is 241 g/mol. The highest BCUT2D eigenvalue weighted by Crippen LogP contribution is 2.28. The zero-order chi connectivity index (χ0) is 13.0. The third-order valence-electron chi connectivity index (χ3n) is 2.51. The maximum Gasteiger partial charge on any atom is 0.328 e. The predicted octanol–water partition coefficient (Wildman–Crippen LogP) is 0.561. The van der Waals surface area contributed by atoms with Gasteiger partial charge >= 0.3 is 5.97 Å². The van der Waals surface area contributed by atoms with Gasteiger partial charge in [-0.1, -0.05) is 0 Å². The predicted molar refractivity (Wildman–Crippen MR) is 62.9 cm³/mol. The fourth-order valence-electron chi connectivity index (χ4n) is 1.83. The van der Waals surface area contributed by atoms with E-state index in [1.54, 1.807) is 32.8 Å². The average molecular weight is 241 g/mol. The number of carbonyl (C=O) groups excluding carboxylic acids is 1. The van der Waals surface area contributed by atoms with Gasteiger partial charge < -0.3 is 14.8 Å². The van der Waals surface area contributed by atoms with Gasteiger partial charge in [-0.2, -0.15) is 5.10 Å². The molecule has 1 N–H and O–H groups in total. The van der Waals surface area contributed by atoms with Gasteiger partial charge in [0.15, 0.2) is 0 Å². The van der Waals surface area contributed by atoms with E-state index in [-0.39, 0.29) is 5.97 Å². The van der Waals surface area contributed by atoms with E-state index in [4.69, 9.17) is 9.47 Å². The number of esters is 1. The molecule has 1 heterocycles. The lowest BCUT2D eigenvalue weighted by atomic mass is 10.1. The molecule has 0 spiro atoms. The number of hydrogen-bond acceptors (Lipinski definition) is 5. The number of rotatable bonds is 5. The Bertz CT molecular complexity index is 401. The minimum atomic E-state index is -0.557. The van der Waals surface area contributed by atoms with Gasteiger partial charge in [0.2, 0.25) is 5.88 Å². The molecule has 1 unspecified atom stereocenters. The van der Waals surface area contributed by atoms with Gasteiger partial charge in [-0.15, -0.1) is 0 Å². The molecule has 96 valence electrons. The van der Waals surface area contributed by atoms with Crippen LogP contribution < -0.4 is 10.1 Å². The highest BCUT2D eigenvalue weighted by molar-refractivity contribution is 5.78. The maximum absolute atomic E-state index is 11.8. The zero-order valence-electron chi connectivity index (χ0n) is 10.9. The van der Waals surface area contributed by atoms with Gasteiger partial charge in [0.05, 0.1) is 25.0 Å². The maximum atomic E-state index is 11.8. The van der Waals surface area contributed by atoms with Crippen molar-refractivity contribution in [3.63, 3.8) is 0 Å². The first kappa shape index (κ1) is 13.5. The molecule has 6 heteroatoms. The lowest BCUT2D eigenvalue weighted by Gasteiger charge is -2.15. The summed E-state index contributed by atoms with van der Waals surface area (Å²) in [7, 11) is 5.03. The molecule has 0 saturated heterocycles. The lowest BCUT2D eigenvalue weighted by molar-refractivity contribution is -0.145. The number of aryl methyl sites for hydroxylation is 2. The molecular formula is C11H19N3O3. The molecule has 6 nitrogen and oxygen atoms in total. The minimum Gasteiger partial charge on any atom is -0.481 e. The number of likely N-dealkylation sites (N-methyl/N-ethyl adjacent to an activating group) is 1. The Morgan fingerprint density at radius 1 is 1.59 bits per heavy atom. The van der Waals surface area contributed by atoms with Gasteiger partial charge in [-0.3, -0.25) is 0 Å². The lowest BCUT2D eigenvalue weighted by Crippen LogP contribution is -2.28. The van der Waals surface area contributed by atoms with Crippen LogP contribution >= 0.6 is 0 Å². The van der Waals surface area contributed by atoms with E-state index < -0.39 is 6.04 Å². The summed E-state index contributed by atoms with van der Waals surface area (Å²) < 4.78 is 11.9. The van der Waals surface area contributed by atoms with Crippen molar-refractivity contribution >= 4 is 5.97 Å². The number of carbonyl (C=O) groups is 1. The Balaban J connectivity index is 3.15. The summed E-state index contributed by atoms with van der Waals surface area (Å²) in [5.74, 6) is 0.235. The molecular weight excluding hydrogens is 222 g/mol. The van der Waals surface area contributed by atoms with Crippen molar-refractivity contribution in [2.75, 3.05) is 20.8 Å². The molecule has 0 bridgehead atoms. The first-order valence-corrected chi connectivity index (χ1v) is 5.48. The SMILES string of the molecule is CCOC(=O)C(NC)c1c(C)nn(C)c1OC. The van der Waals surface area contributed by atoms with E-state index in [1.807, 2.05) is 6.92 Å². The standard InChI is InChI=1S/C11H19N3O3/c1-6-17-11(15)9(12-3)8-7(2)13-14(4)10(8)16-5/h9,12H,6H2,1-5H3. The number of nitrogens with zero attached hydrogens (tertiary/aromatic N) is 2. The van der Waals surface area contributed by atoms with Crippen LogP contribution in [0.5, 0.6) is 5.88 Å². The second-order valence-electron chi connectivity index (χ2n) is 3.61. The van der Waals surface area contributed by atoms with Crippen molar-refractivity contribution in [1.29, 1.82) is 0 Å². The van der Waals surface area contributed by atoms with Crippen molar-refractivity contribution in [3.05, 3.63) is 11.3 Å². The van der Waals surface area contributed by atoms with E-state index >= 15 is 0 Å². The summed E-state index contributed by atoms with van der Waals surface area (Å²) in [6.45, 7) is 3.96. The third kappa shape index (κ3) is 2.58. The first-order chi connectivity index (χ1) is 8.06. The first-order valence-electron chi connectivity index (χ1n) is 5.48. The van der Waals surface area contributed by atoms with Crippen LogP contribution in [0.15, 0.2) is 0 Å². The summed E-state index contributed by atoms with van der Waals surface area (Å²) in [4.78, 5) is 11.8. The Labute approximate surface area is 101 Å². The average Bonchev–Trinajstić information content (AvgIpc) is 2.55. The van der Waals surface area contributed by atoms with E-state index in [2.05, 4.69) is 10.4 Å². The quantitative estimate of drug-likeness (QED) is 0.763. The van der Waals surface area contributed by atoms with Gasteiger partial charge in [0.1, 0.15) is 6.04 Å². The Kier molecular flexibility index (Phi) is 4.51. The van der Waals surface area contributed by atoms with Crippen LogP contribution in [0, 0.1) is 6.92 Å². The number of nitrogens with one attached hydrogen (secondary N) is 1. The molecule has 0 fully saturated rings. The van der Waals surface area contributed by atoms with Crippen molar-refractivity contribution in [3.8, 4) is 5.88 Å². The van der Waals surface area contributed by atoms with Crippen LogP contribution in [0.2, 0.25) is 0 Å². The number of methoxy groups -OCH3 is 1.